The van der Waals surface area contributed by atoms with Crippen LogP contribution in [0.2, 0.25) is 0 Å². The molecule has 0 aliphatic carbocycles. The summed E-state index contributed by atoms with van der Waals surface area (Å²) in [4.78, 5) is 34.2. The van der Waals surface area contributed by atoms with Crippen LogP contribution in [0, 0.1) is 5.92 Å². The van der Waals surface area contributed by atoms with Crippen molar-refractivity contribution in [3.63, 3.8) is 0 Å². The third-order valence-electron chi connectivity index (χ3n) is 3.33. The van der Waals surface area contributed by atoms with Gasteiger partial charge in [-0.05, 0) is 25.3 Å². The zero-order valence-electron chi connectivity index (χ0n) is 13.3. The molecule has 0 aliphatic rings. The van der Waals surface area contributed by atoms with Crippen LogP contribution < -0.4 is 11.1 Å². The van der Waals surface area contributed by atoms with Gasteiger partial charge in [0.15, 0.2) is 0 Å². The maximum Gasteiger partial charge on any atom is 0.408 e. The molecule has 0 heterocycles. The van der Waals surface area contributed by atoms with Crippen molar-refractivity contribution in [2.75, 3.05) is 0 Å². The molecule has 1 aromatic rings. The summed E-state index contributed by atoms with van der Waals surface area (Å²) in [6.07, 6.45) is -1.08. The molecule has 8 nitrogen and oxygen atoms in total. The summed E-state index contributed by atoms with van der Waals surface area (Å²) in [6.45, 7) is 1.62. The van der Waals surface area contributed by atoms with Crippen molar-refractivity contribution in [3.05, 3.63) is 35.9 Å². The van der Waals surface area contributed by atoms with Gasteiger partial charge in [-0.25, -0.2) is 9.59 Å². The highest BCUT2D eigenvalue weighted by molar-refractivity contribution is 5.81. The zero-order valence-corrected chi connectivity index (χ0v) is 13.3. The van der Waals surface area contributed by atoms with Crippen LogP contribution in [-0.4, -0.2) is 40.3 Å². The van der Waals surface area contributed by atoms with Gasteiger partial charge in [0.05, 0.1) is 5.92 Å². The Bertz CT molecular complexity index is 561. The second-order valence-corrected chi connectivity index (χ2v) is 5.58. The Morgan fingerprint density at radius 2 is 1.75 bits per heavy atom. The van der Waals surface area contributed by atoms with Crippen molar-refractivity contribution in [3.8, 4) is 0 Å². The van der Waals surface area contributed by atoms with Crippen LogP contribution in [0.4, 0.5) is 4.79 Å². The number of amides is 1. The number of hydrogen-bond acceptors (Lipinski definition) is 5. The van der Waals surface area contributed by atoms with Crippen molar-refractivity contribution >= 4 is 18.0 Å². The molecule has 1 aromatic carbocycles. The molecular formula is C16H22N2O6. The highest BCUT2D eigenvalue weighted by Gasteiger charge is 2.29. The van der Waals surface area contributed by atoms with Crippen LogP contribution in [0.1, 0.15) is 25.3 Å². The van der Waals surface area contributed by atoms with Gasteiger partial charge >= 0.3 is 18.0 Å². The lowest BCUT2D eigenvalue weighted by Gasteiger charge is -2.20. The van der Waals surface area contributed by atoms with Crippen LogP contribution in [0.3, 0.4) is 0 Å². The van der Waals surface area contributed by atoms with Crippen molar-refractivity contribution in [2.24, 2.45) is 11.7 Å². The summed E-state index contributed by atoms with van der Waals surface area (Å²) in [5.74, 6) is -3.46. The number of aliphatic carboxylic acids is 2. The molecule has 3 unspecified atom stereocenters. The molecule has 0 aromatic heterocycles. The van der Waals surface area contributed by atoms with Gasteiger partial charge < -0.3 is 26.0 Å². The van der Waals surface area contributed by atoms with Crippen molar-refractivity contribution in [2.45, 2.75) is 38.5 Å². The Morgan fingerprint density at radius 3 is 2.25 bits per heavy atom. The molecular weight excluding hydrogens is 316 g/mol. The molecule has 0 saturated carbocycles. The number of carboxylic acid groups (broad SMARTS) is 2. The Balaban J connectivity index is 2.59. The number of rotatable bonds is 9. The van der Waals surface area contributed by atoms with E-state index in [1.54, 1.807) is 31.2 Å². The average molecular weight is 338 g/mol. The van der Waals surface area contributed by atoms with Gasteiger partial charge in [0.25, 0.3) is 0 Å². The van der Waals surface area contributed by atoms with Crippen LogP contribution >= 0.6 is 0 Å². The third kappa shape index (κ3) is 7.10. The number of hydrogen-bond donors (Lipinski definition) is 4. The quantitative estimate of drug-likeness (QED) is 0.530. The lowest BCUT2D eigenvalue weighted by Crippen LogP contribution is -2.43. The number of nitrogens with two attached hydrogens (primary N) is 1. The van der Waals surface area contributed by atoms with Gasteiger partial charge in [-0.2, -0.15) is 0 Å². The standard InChI is InChI=1S/C16H22N2O6/c1-10(17)7-12(14(19)20)8-13(15(21)22)18-16(23)24-9-11-5-3-2-4-6-11/h2-6,10,12-13H,7-9,17H2,1H3,(H,18,23)(H,19,20)(H,21,22). The fraction of sp³-hybridized carbons (Fsp3) is 0.438. The first-order chi connectivity index (χ1) is 11.3. The number of benzene rings is 1. The maximum absolute atomic E-state index is 11.7. The second-order valence-electron chi connectivity index (χ2n) is 5.58. The predicted molar refractivity (Wildman–Crippen MR) is 85.2 cm³/mol. The number of carbonyl (C=O) groups excluding carboxylic acids is 1. The summed E-state index contributed by atoms with van der Waals surface area (Å²) in [5, 5.41) is 20.5. The predicted octanol–water partition coefficient (Wildman–Crippen LogP) is 1.19. The van der Waals surface area contributed by atoms with Gasteiger partial charge in [0.1, 0.15) is 12.6 Å². The summed E-state index contributed by atoms with van der Waals surface area (Å²) in [7, 11) is 0. The fourth-order valence-corrected chi connectivity index (χ4v) is 2.16. The van der Waals surface area contributed by atoms with Gasteiger partial charge in [-0.3, -0.25) is 4.79 Å². The topological polar surface area (TPSA) is 139 Å². The minimum Gasteiger partial charge on any atom is -0.481 e. The first-order valence-corrected chi connectivity index (χ1v) is 7.48. The first kappa shape index (κ1) is 19.4. The Labute approximate surface area is 139 Å². The average Bonchev–Trinajstić information content (AvgIpc) is 2.51. The molecule has 132 valence electrons. The lowest BCUT2D eigenvalue weighted by atomic mass is 9.93. The van der Waals surface area contributed by atoms with Crippen molar-refractivity contribution < 1.29 is 29.3 Å². The summed E-state index contributed by atoms with van der Waals surface area (Å²) >= 11 is 0. The third-order valence-corrected chi connectivity index (χ3v) is 3.33. The van der Waals surface area contributed by atoms with Gasteiger partial charge in [0, 0.05) is 6.04 Å². The molecule has 0 spiro atoms. The van der Waals surface area contributed by atoms with Gasteiger partial charge in [-0.1, -0.05) is 30.3 Å². The minimum atomic E-state index is -1.37. The largest absolute Gasteiger partial charge is 0.481 e. The Morgan fingerprint density at radius 1 is 1.12 bits per heavy atom. The van der Waals surface area contributed by atoms with Gasteiger partial charge in [0.2, 0.25) is 0 Å². The van der Waals surface area contributed by atoms with E-state index in [1.165, 1.54) is 0 Å². The molecule has 3 atom stereocenters. The van der Waals surface area contributed by atoms with Crippen LogP contribution in [-0.2, 0) is 20.9 Å². The van der Waals surface area contributed by atoms with E-state index in [1.807, 2.05) is 6.07 Å². The van der Waals surface area contributed by atoms with E-state index in [2.05, 4.69) is 5.32 Å². The number of carbonyl (C=O) groups is 3. The molecule has 8 heteroatoms. The first-order valence-electron chi connectivity index (χ1n) is 7.48. The molecule has 0 radical (unpaired) electrons. The highest BCUT2D eigenvalue weighted by Crippen LogP contribution is 2.14. The maximum atomic E-state index is 11.7. The van der Waals surface area contributed by atoms with E-state index in [0.717, 1.165) is 5.56 Å². The molecule has 0 bridgehead atoms. The lowest BCUT2D eigenvalue weighted by molar-refractivity contribution is -0.144. The Kier molecular flexibility index (Phi) is 7.70. The normalized spacial score (nSPS) is 14.2. The van der Waals surface area contributed by atoms with Crippen LogP contribution in [0.5, 0.6) is 0 Å². The summed E-state index contributed by atoms with van der Waals surface area (Å²) in [5.41, 5.74) is 6.32. The minimum absolute atomic E-state index is 0.0127. The SMILES string of the molecule is CC(N)CC(CC(NC(=O)OCc1ccccc1)C(=O)O)C(=O)O. The number of ether oxygens (including phenoxy) is 1. The summed E-state index contributed by atoms with van der Waals surface area (Å²) in [6, 6.07) is 7.12. The number of alkyl carbamates (subject to hydrolysis) is 1. The van der Waals surface area contributed by atoms with Crippen molar-refractivity contribution in [1.82, 2.24) is 5.32 Å². The fourth-order valence-electron chi connectivity index (χ4n) is 2.16. The van der Waals surface area contributed by atoms with Crippen molar-refractivity contribution in [1.29, 1.82) is 0 Å². The van der Waals surface area contributed by atoms with Crippen LogP contribution in [0.25, 0.3) is 0 Å². The van der Waals surface area contributed by atoms with E-state index in [0.29, 0.717) is 0 Å². The molecule has 0 saturated heterocycles. The monoisotopic (exact) mass is 338 g/mol. The number of carboxylic acids is 2. The van der Waals surface area contributed by atoms with E-state index >= 15 is 0 Å². The number of nitrogens with one attached hydrogen (secondary N) is 1. The zero-order chi connectivity index (χ0) is 18.1. The van der Waals surface area contributed by atoms with Crippen LogP contribution in [0.15, 0.2) is 30.3 Å². The molecule has 24 heavy (non-hydrogen) atoms. The molecule has 1 amide bonds. The van der Waals surface area contributed by atoms with E-state index in [4.69, 9.17) is 15.6 Å². The highest BCUT2D eigenvalue weighted by atomic mass is 16.5. The Hall–Kier alpha value is -2.61. The van der Waals surface area contributed by atoms with Gasteiger partial charge in [-0.15, -0.1) is 0 Å². The summed E-state index contributed by atoms with van der Waals surface area (Å²) < 4.78 is 4.95. The van der Waals surface area contributed by atoms with E-state index in [-0.39, 0.29) is 19.4 Å². The molecule has 0 aliphatic heterocycles. The molecule has 5 N–H and O–H groups in total. The van der Waals surface area contributed by atoms with E-state index in [9.17, 15) is 19.5 Å². The van der Waals surface area contributed by atoms with E-state index < -0.39 is 36.0 Å². The second kappa shape index (κ2) is 9.51. The molecule has 1 rings (SSSR count). The molecule has 0 fully saturated rings. The smallest absolute Gasteiger partial charge is 0.408 e.